The summed E-state index contributed by atoms with van der Waals surface area (Å²) in [5, 5.41) is 2.55. The molecule has 126 valence electrons. The van der Waals surface area contributed by atoms with Gasteiger partial charge in [0, 0.05) is 24.7 Å². The lowest BCUT2D eigenvalue weighted by Crippen LogP contribution is -2.47. The molecule has 1 aromatic heterocycles. The maximum Gasteiger partial charge on any atom is 0.338 e. The van der Waals surface area contributed by atoms with Crippen LogP contribution in [0.25, 0.3) is 0 Å². The zero-order valence-corrected chi connectivity index (χ0v) is 13.8. The SMILES string of the molecule is COC(=O)c1cc[n+](NS(=O)(=O)c2ccc(NC(C)=O)cc2)cc1. The molecule has 24 heavy (non-hydrogen) atoms. The summed E-state index contributed by atoms with van der Waals surface area (Å²) in [4.78, 5) is 24.7. The van der Waals surface area contributed by atoms with Gasteiger partial charge in [-0.2, -0.15) is 8.42 Å². The third-order valence-electron chi connectivity index (χ3n) is 2.96. The second-order valence-electron chi connectivity index (χ2n) is 4.79. The molecule has 0 unspecified atom stereocenters. The number of ether oxygens (including phenoxy) is 1. The minimum atomic E-state index is -3.81. The van der Waals surface area contributed by atoms with E-state index in [9.17, 15) is 18.0 Å². The predicted molar refractivity (Wildman–Crippen MR) is 85.3 cm³/mol. The van der Waals surface area contributed by atoms with E-state index in [0.717, 1.165) is 0 Å². The van der Waals surface area contributed by atoms with E-state index in [0.29, 0.717) is 11.3 Å². The van der Waals surface area contributed by atoms with Gasteiger partial charge in [0.25, 0.3) is 0 Å². The molecule has 2 aromatic rings. The number of benzene rings is 1. The highest BCUT2D eigenvalue weighted by Gasteiger charge is 2.19. The fourth-order valence-corrected chi connectivity index (χ4v) is 2.85. The molecule has 2 rings (SSSR count). The van der Waals surface area contributed by atoms with Gasteiger partial charge in [0.05, 0.1) is 17.6 Å². The van der Waals surface area contributed by atoms with Gasteiger partial charge in [0.1, 0.15) is 0 Å². The largest absolute Gasteiger partial charge is 0.465 e. The molecule has 1 heterocycles. The van der Waals surface area contributed by atoms with E-state index in [1.165, 1.54) is 67.5 Å². The zero-order chi connectivity index (χ0) is 17.7. The molecule has 1 amide bonds. The van der Waals surface area contributed by atoms with Gasteiger partial charge in [0.15, 0.2) is 0 Å². The molecule has 0 bridgehead atoms. The third-order valence-corrected chi connectivity index (χ3v) is 4.31. The van der Waals surface area contributed by atoms with Crippen LogP contribution in [0, 0.1) is 0 Å². The number of esters is 1. The second kappa shape index (κ2) is 7.09. The van der Waals surface area contributed by atoms with Gasteiger partial charge in [-0.1, -0.05) is 9.51 Å². The maximum absolute atomic E-state index is 12.3. The Morgan fingerprint density at radius 1 is 1.04 bits per heavy atom. The zero-order valence-electron chi connectivity index (χ0n) is 13.0. The topological polar surface area (TPSA) is 105 Å². The summed E-state index contributed by atoms with van der Waals surface area (Å²) in [6.45, 7) is 1.36. The average Bonchev–Trinajstić information content (AvgIpc) is 2.54. The Balaban J connectivity index is 2.15. The first-order valence-corrected chi connectivity index (χ1v) is 8.30. The smallest absolute Gasteiger partial charge is 0.338 e. The summed E-state index contributed by atoms with van der Waals surface area (Å²) in [5.74, 6) is -0.761. The van der Waals surface area contributed by atoms with Crippen molar-refractivity contribution in [3.05, 3.63) is 54.4 Å². The van der Waals surface area contributed by atoms with Crippen molar-refractivity contribution in [3.8, 4) is 0 Å². The van der Waals surface area contributed by atoms with Crippen LogP contribution in [0.3, 0.4) is 0 Å². The summed E-state index contributed by atoms with van der Waals surface area (Å²) in [6, 6.07) is 8.57. The second-order valence-corrected chi connectivity index (χ2v) is 6.45. The molecule has 1 aromatic carbocycles. The number of methoxy groups -OCH3 is 1. The molecule has 8 nitrogen and oxygen atoms in total. The summed E-state index contributed by atoms with van der Waals surface area (Å²) in [7, 11) is -2.55. The van der Waals surface area contributed by atoms with E-state index < -0.39 is 16.0 Å². The summed E-state index contributed by atoms with van der Waals surface area (Å²) in [5.41, 5.74) is 0.796. The summed E-state index contributed by atoms with van der Waals surface area (Å²) >= 11 is 0. The first-order valence-electron chi connectivity index (χ1n) is 6.82. The number of hydrogen-bond donors (Lipinski definition) is 2. The van der Waals surface area contributed by atoms with Crippen molar-refractivity contribution in [2.24, 2.45) is 0 Å². The first-order chi connectivity index (χ1) is 11.3. The van der Waals surface area contributed by atoms with Crippen LogP contribution in [0.4, 0.5) is 5.69 Å². The van der Waals surface area contributed by atoms with Crippen LogP contribution >= 0.6 is 0 Å². The highest BCUT2D eigenvalue weighted by atomic mass is 32.2. The number of nitrogens with zero attached hydrogens (tertiary/aromatic N) is 1. The normalized spacial score (nSPS) is 10.8. The molecular formula is C15H16N3O5S+. The Kier molecular flexibility index (Phi) is 5.14. The van der Waals surface area contributed by atoms with Gasteiger partial charge in [-0.05, 0) is 24.3 Å². The minimum absolute atomic E-state index is 0.0288. The predicted octanol–water partition coefficient (Wildman–Crippen LogP) is 0.651. The van der Waals surface area contributed by atoms with Crippen LogP contribution < -0.4 is 14.8 Å². The molecule has 0 aliphatic carbocycles. The molecule has 0 aliphatic rings. The van der Waals surface area contributed by atoms with Crippen LogP contribution in [0.5, 0.6) is 0 Å². The molecular weight excluding hydrogens is 334 g/mol. The maximum atomic E-state index is 12.3. The summed E-state index contributed by atoms with van der Waals surface area (Å²) in [6.07, 6.45) is 2.77. The van der Waals surface area contributed by atoms with Crippen molar-refractivity contribution in [2.75, 3.05) is 17.3 Å². The van der Waals surface area contributed by atoms with Crippen LogP contribution in [0.15, 0.2) is 53.7 Å². The van der Waals surface area contributed by atoms with Gasteiger partial charge < -0.3 is 10.1 Å². The van der Waals surface area contributed by atoms with E-state index in [-0.39, 0.29) is 10.8 Å². The molecule has 0 radical (unpaired) electrons. The molecule has 0 spiro atoms. The number of sulfonamides is 1. The van der Waals surface area contributed by atoms with Crippen molar-refractivity contribution in [1.29, 1.82) is 0 Å². The number of carbonyl (C=O) groups is 2. The fraction of sp³-hybridized carbons (Fsp3) is 0.133. The lowest BCUT2D eigenvalue weighted by Gasteiger charge is -2.05. The summed E-state index contributed by atoms with van der Waals surface area (Å²) < 4.78 is 30.4. The number of anilines is 1. The molecule has 0 atom stereocenters. The van der Waals surface area contributed by atoms with Crippen molar-refractivity contribution < 1.29 is 27.4 Å². The molecule has 0 fully saturated rings. The van der Waals surface area contributed by atoms with Crippen molar-refractivity contribution in [2.45, 2.75) is 11.8 Å². The molecule has 0 saturated heterocycles. The van der Waals surface area contributed by atoms with Crippen LogP contribution in [0.1, 0.15) is 17.3 Å². The van der Waals surface area contributed by atoms with E-state index in [4.69, 9.17) is 0 Å². The number of nitrogens with one attached hydrogen (secondary N) is 2. The average molecular weight is 350 g/mol. The number of aromatic nitrogens is 1. The van der Waals surface area contributed by atoms with Gasteiger partial charge in [0.2, 0.25) is 18.3 Å². The van der Waals surface area contributed by atoms with Gasteiger partial charge in [-0.25, -0.2) is 4.79 Å². The number of rotatable bonds is 5. The van der Waals surface area contributed by atoms with Crippen LogP contribution in [0.2, 0.25) is 0 Å². The highest BCUT2D eigenvalue weighted by molar-refractivity contribution is 7.92. The highest BCUT2D eigenvalue weighted by Crippen LogP contribution is 2.13. The standard InChI is InChI=1S/C15H15N3O5S/c1-11(19)16-13-3-5-14(6-4-13)24(21,22)17-18-9-7-12(8-10-18)15(20)23-2/h3-10H,1-2H3,(H-,16,17,19,20)/p+1. The van der Waals surface area contributed by atoms with Crippen molar-refractivity contribution in [1.82, 2.24) is 0 Å². The molecule has 0 saturated carbocycles. The Morgan fingerprint density at radius 2 is 1.62 bits per heavy atom. The Morgan fingerprint density at radius 3 is 2.12 bits per heavy atom. The van der Waals surface area contributed by atoms with Crippen molar-refractivity contribution >= 4 is 27.6 Å². The number of hydrogen-bond acceptors (Lipinski definition) is 5. The Hall–Kier alpha value is -2.94. The van der Waals surface area contributed by atoms with Gasteiger partial charge in [-0.15, -0.1) is 0 Å². The quantitative estimate of drug-likeness (QED) is 0.608. The number of carbonyl (C=O) groups excluding carboxylic acids is 2. The van der Waals surface area contributed by atoms with Crippen LogP contribution in [-0.2, 0) is 19.6 Å². The minimum Gasteiger partial charge on any atom is -0.465 e. The fourth-order valence-electron chi connectivity index (χ4n) is 1.85. The molecule has 2 N–H and O–H groups in total. The van der Waals surface area contributed by atoms with E-state index in [1.807, 2.05) is 0 Å². The van der Waals surface area contributed by atoms with E-state index in [2.05, 4.69) is 14.9 Å². The van der Waals surface area contributed by atoms with Crippen LogP contribution in [-0.4, -0.2) is 27.4 Å². The van der Waals surface area contributed by atoms with Crippen molar-refractivity contribution in [3.63, 3.8) is 0 Å². The Labute approximate surface area is 139 Å². The monoisotopic (exact) mass is 350 g/mol. The lowest BCUT2D eigenvalue weighted by atomic mass is 10.3. The van der Waals surface area contributed by atoms with E-state index >= 15 is 0 Å². The number of pyridine rings is 1. The lowest BCUT2D eigenvalue weighted by molar-refractivity contribution is -0.636. The third kappa shape index (κ3) is 4.29. The molecule has 0 aliphatic heterocycles. The van der Waals surface area contributed by atoms with Gasteiger partial charge >= 0.3 is 16.0 Å². The first kappa shape index (κ1) is 17.4. The number of amides is 1. The van der Waals surface area contributed by atoms with E-state index in [1.54, 1.807) is 0 Å². The Bertz CT molecular complexity index is 846. The van der Waals surface area contributed by atoms with Gasteiger partial charge in [-0.3, -0.25) is 4.79 Å². The molecule has 9 heteroatoms.